The Balaban J connectivity index is 3.99. The van der Waals surface area contributed by atoms with Gasteiger partial charge in [0.05, 0.1) is 0 Å². The Labute approximate surface area is 76.7 Å². The summed E-state index contributed by atoms with van der Waals surface area (Å²) in [6, 6.07) is 0. The van der Waals surface area contributed by atoms with E-state index in [2.05, 4.69) is 33.9 Å². The van der Waals surface area contributed by atoms with Gasteiger partial charge >= 0.3 is 0 Å². The minimum absolute atomic E-state index is 1.05. The normalized spacial score (nSPS) is 9.25. The minimum Gasteiger partial charge on any atom is -0.0988 e. The molecular weight excluding hydrogens is 144 g/mol. The lowest BCUT2D eigenvalue weighted by Gasteiger charge is -2.06. The second-order valence-electron chi connectivity index (χ2n) is 3.32. The van der Waals surface area contributed by atoms with Crippen molar-refractivity contribution in [1.29, 1.82) is 0 Å². The van der Waals surface area contributed by atoms with Gasteiger partial charge in [-0.15, -0.1) is 0 Å². The summed E-state index contributed by atoms with van der Waals surface area (Å²) in [6.07, 6.45) is 5.20. The zero-order valence-corrected chi connectivity index (χ0v) is 8.61. The molecule has 0 fully saturated rings. The predicted molar refractivity (Wildman–Crippen MR) is 57.2 cm³/mol. The highest BCUT2D eigenvalue weighted by molar-refractivity contribution is 5.16. The summed E-state index contributed by atoms with van der Waals surface area (Å²) in [7, 11) is 0. The summed E-state index contributed by atoms with van der Waals surface area (Å²) in [5, 5.41) is 0. The molecule has 0 aliphatic heterocycles. The lowest BCUT2D eigenvalue weighted by Crippen LogP contribution is -1.86. The van der Waals surface area contributed by atoms with E-state index in [1.807, 2.05) is 6.08 Å². The monoisotopic (exact) mass is 164 g/mol. The molecule has 0 saturated carbocycles. The van der Waals surface area contributed by atoms with E-state index in [0.29, 0.717) is 0 Å². The molecule has 0 spiro atoms. The summed E-state index contributed by atoms with van der Waals surface area (Å²) in [6.45, 7) is 14.2. The summed E-state index contributed by atoms with van der Waals surface area (Å²) in [5.74, 6) is 0. The Hall–Kier alpha value is -0.780. The molecule has 0 aliphatic carbocycles. The molecular formula is C12H20. The van der Waals surface area contributed by atoms with Crippen LogP contribution in [0.5, 0.6) is 0 Å². The predicted octanol–water partition coefficient (Wildman–Crippen LogP) is 4.26. The third-order valence-electron chi connectivity index (χ3n) is 2.17. The summed E-state index contributed by atoms with van der Waals surface area (Å²) in [4.78, 5) is 0. The maximum atomic E-state index is 3.90. The standard InChI is InChI=1S/C12H20/c1-6-11(5)8-9-12(7-2)10(3)4/h6H,1,5,7-9H2,2-4H3. The number of hydrogen-bond acceptors (Lipinski definition) is 0. The maximum Gasteiger partial charge on any atom is -0.0247 e. The van der Waals surface area contributed by atoms with Crippen LogP contribution < -0.4 is 0 Å². The van der Waals surface area contributed by atoms with Gasteiger partial charge in [0.1, 0.15) is 0 Å². The molecule has 68 valence electrons. The van der Waals surface area contributed by atoms with Crippen molar-refractivity contribution in [3.05, 3.63) is 36.0 Å². The second-order valence-corrected chi connectivity index (χ2v) is 3.32. The van der Waals surface area contributed by atoms with Gasteiger partial charge in [-0.25, -0.2) is 0 Å². The first-order valence-electron chi connectivity index (χ1n) is 4.57. The van der Waals surface area contributed by atoms with Crippen LogP contribution in [0.25, 0.3) is 0 Å². The molecule has 0 saturated heterocycles. The fourth-order valence-electron chi connectivity index (χ4n) is 1.19. The van der Waals surface area contributed by atoms with Crippen molar-refractivity contribution in [1.82, 2.24) is 0 Å². The fraction of sp³-hybridized carbons (Fsp3) is 0.500. The molecule has 12 heavy (non-hydrogen) atoms. The zero-order chi connectivity index (χ0) is 9.56. The highest BCUT2D eigenvalue weighted by Gasteiger charge is 1.97. The molecule has 0 radical (unpaired) electrons. The maximum absolute atomic E-state index is 3.90. The van der Waals surface area contributed by atoms with Crippen molar-refractivity contribution in [2.45, 2.75) is 40.0 Å². The number of rotatable bonds is 5. The smallest absolute Gasteiger partial charge is 0.0247 e. The second kappa shape index (κ2) is 5.82. The Kier molecular flexibility index (Phi) is 5.44. The molecule has 0 aromatic carbocycles. The average Bonchev–Trinajstić information content (AvgIpc) is 2.04. The molecule has 0 rings (SSSR count). The van der Waals surface area contributed by atoms with E-state index in [1.165, 1.54) is 5.57 Å². The number of hydrogen-bond donors (Lipinski definition) is 0. The van der Waals surface area contributed by atoms with E-state index in [-0.39, 0.29) is 0 Å². The van der Waals surface area contributed by atoms with E-state index in [1.54, 1.807) is 5.57 Å². The first-order chi connectivity index (χ1) is 5.61. The van der Waals surface area contributed by atoms with Crippen molar-refractivity contribution in [2.24, 2.45) is 0 Å². The molecule has 0 nitrogen and oxygen atoms in total. The first kappa shape index (κ1) is 11.2. The van der Waals surface area contributed by atoms with Gasteiger partial charge in [0, 0.05) is 0 Å². The van der Waals surface area contributed by atoms with Crippen molar-refractivity contribution in [2.75, 3.05) is 0 Å². The molecule has 0 aromatic rings. The average molecular weight is 164 g/mol. The van der Waals surface area contributed by atoms with Crippen molar-refractivity contribution >= 4 is 0 Å². The van der Waals surface area contributed by atoms with Gasteiger partial charge in [0.2, 0.25) is 0 Å². The molecule has 0 aromatic heterocycles. The topological polar surface area (TPSA) is 0 Å². The van der Waals surface area contributed by atoms with Crippen molar-refractivity contribution in [3.63, 3.8) is 0 Å². The van der Waals surface area contributed by atoms with E-state index >= 15 is 0 Å². The van der Waals surface area contributed by atoms with Gasteiger partial charge < -0.3 is 0 Å². The third kappa shape index (κ3) is 4.17. The van der Waals surface area contributed by atoms with Gasteiger partial charge in [0.15, 0.2) is 0 Å². The van der Waals surface area contributed by atoms with Gasteiger partial charge in [-0.3, -0.25) is 0 Å². The summed E-state index contributed by atoms with van der Waals surface area (Å²) < 4.78 is 0. The third-order valence-corrected chi connectivity index (χ3v) is 2.17. The molecule has 0 heteroatoms. The molecule has 0 aliphatic rings. The largest absolute Gasteiger partial charge is 0.0988 e. The fourth-order valence-corrected chi connectivity index (χ4v) is 1.19. The Morgan fingerprint density at radius 2 is 1.83 bits per heavy atom. The lowest BCUT2D eigenvalue weighted by molar-refractivity contribution is 0.870. The molecule has 0 amide bonds. The van der Waals surface area contributed by atoms with Crippen LogP contribution in [-0.2, 0) is 0 Å². The molecule has 0 heterocycles. The van der Waals surface area contributed by atoms with E-state index < -0.39 is 0 Å². The van der Waals surface area contributed by atoms with E-state index in [4.69, 9.17) is 0 Å². The molecule has 0 N–H and O–H groups in total. The van der Waals surface area contributed by atoms with Crippen LogP contribution in [-0.4, -0.2) is 0 Å². The number of allylic oxidation sites excluding steroid dienone is 4. The van der Waals surface area contributed by atoms with Crippen LogP contribution in [0, 0.1) is 0 Å². The van der Waals surface area contributed by atoms with Crippen LogP contribution in [0.1, 0.15) is 40.0 Å². The van der Waals surface area contributed by atoms with Crippen LogP contribution >= 0.6 is 0 Å². The van der Waals surface area contributed by atoms with Crippen molar-refractivity contribution in [3.8, 4) is 0 Å². The van der Waals surface area contributed by atoms with Crippen LogP contribution in [0.2, 0.25) is 0 Å². The van der Waals surface area contributed by atoms with Gasteiger partial charge in [-0.2, -0.15) is 0 Å². The van der Waals surface area contributed by atoms with Crippen LogP contribution in [0.15, 0.2) is 36.0 Å². The Bertz CT molecular complexity index is 190. The SMILES string of the molecule is C=CC(=C)CCC(CC)=C(C)C. The van der Waals surface area contributed by atoms with Gasteiger partial charge in [-0.1, -0.05) is 42.9 Å². The van der Waals surface area contributed by atoms with Gasteiger partial charge in [-0.05, 0) is 33.1 Å². The highest BCUT2D eigenvalue weighted by Crippen LogP contribution is 2.17. The molecule has 0 bridgehead atoms. The highest BCUT2D eigenvalue weighted by atomic mass is 14.0. The Morgan fingerprint density at radius 1 is 1.25 bits per heavy atom. The van der Waals surface area contributed by atoms with Crippen LogP contribution in [0.3, 0.4) is 0 Å². The molecule has 0 unspecified atom stereocenters. The Morgan fingerprint density at radius 3 is 2.17 bits per heavy atom. The molecule has 0 atom stereocenters. The first-order valence-corrected chi connectivity index (χ1v) is 4.57. The van der Waals surface area contributed by atoms with Crippen molar-refractivity contribution < 1.29 is 0 Å². The summed E-state index contributed by atoms with van der Waals surface area (Å²) >= 11 is 0. The van der Waals surface area contributed by atoms with Gasteiger partial charge in [0.25, 0.3) is 0 Å². The lowest BCUT2D eigenvalue weighted by atomic mass is 10.0. The summed E-state index contributed by atoms with van der Waals surface area (Å²) in [5.41, 5.74) is 4.15. The quantitative estimate of drug-likeness (QED) is 0.421. The van der Waals surface area contributed by atoms with E-state index in [9.17, 15) is 0 Å². The minimum atomic E-state index is 1.05. The van der Waals surface area contributed by atoms with Crippen LogP contribution in [0.4, 0.5) is 0 Å². The van der Waals surface area contributed by atoms with E-state index in [0.717, 1.165) is 24.8 Å². The zero-order valence-electron chi connectivity index (χ0n) is 8.61.